The van der Waals surface area contributed by atoms with Gasteiger partial charge in [-0.25, -0.2) is 0 Å². The molecule has 0 aliphatic carbocycles. The number of nitrogens with two attached hydrogens (primary N) is 1. The average Bonchev–Trinajstić information content (AvgIpc) is 1.86. The summed E-state index contributed by atoms with van der Waals surface area (Å²) in [6.07, 6.45) is 0.273. The summed E-state index contributed by atoms with van der Waals surface area (Å²) in [5.74, 6) is 0. The molecule has 0 amide bonds. The Morgan fingerprint density at radius 2 is 2.18 bits per heavy atom. The predicted molar refractivity (Wildman–Crippen MR) is 50.5 cm³/mol. The number of thiocarbonyl (C=S) groups is 1. The average molecular weight is 176 g/mol. The van der Waals surface area contributed by atoms with Gasteiger partial charge in [-0.2, -0.15) is 0 Å². The van der Waals surface area contributed by atoms with Crippen molar-refractivity contribution in [3.63, 3.8) is 0 Å². The van der Waals surface area contributed by atoms with Crippen molar-refractivity contribution < 1.29 is 4.74 Å². The van der Waals surface area contributed by atoms with Gasteiger partial charge in [-0.3, -0.25) is 0 Å². The monoisotopic (exact) mass is 176 g/mol. The van der Waals surface area contributed by atoms with Crippen LogP contribution in [0.5, 0.6) is 0 Å². The van der Waals surface area contributed by atoms with Crippen molar-refractivity contribution in [2.45, 2.75) is 20.0 Å². The molecule has 0 saturated carbocycles. The maximum absolute atomic E-state index is 5.35. The van der Waals surface area contributed by atoms with E-state index in [2.05, 4.69) is 0 Å². The SMILES string of the molecule is CC(C)OCCN(C)C(N)=S. The van der Waals surface area contributed by atoms with Gasteiger partial charge in [0.2, 0.25) is 0 Å². The van der Waals surface area contributed by atoms with Gasteiger partial charge in [0.1, 0.15) is 0 Å². The Hall–Kier alpha value is -0.350. The molecule has 0 spiro atoms. The maximum atomic E-state index is 5.35. The highest BCUT2D eigenvalue weighted by Gasteiger charge is 1.99. The van der Waals surface area contributed by atoms with Gasteiger partial charge in [-0.15, -0.1) is 0 Å². The van der Waals surface area contributed by atoms with Gasteiger partial charge < -0.3 is 15.4 Å². The lowest BCUT2D eigenvalue weighted by Crippen LogP contribution is -2.34. The van der Waals surface area contributed by atoms with Gasteiger partial charge in [-0.1, -0.05) is 0 Å². The van der Waals surface area contributed by atoms with E-state index in [4.69, 9.17) is 22.7 Å². The van der Waals surface area contributed by atoms with Gasteiger partial charge in [0.15, 0.2) is 5.11 Å². The molecule has 11 heavy (non-hydrogen) atoms. The van der Waals surface area contributed by atoms with E-state index in [9.17, 15) is 0 Å². The second-order valence-electron chi connectivity index (χ2n) is 2.68. The molecule has 0 aromatic carbocycles. The zero-order chi connectivity index (χ0) is 8.85. The summed E-state index contributed by atoms with van der Waals surface area (Å²) in [7, 11) is 1.85. The molecule has 2 N–H and O–H groups in total. The number of nitrogens with zero attached hydrogens (tertiary/aromatic N) is 1. The van der Waals surface area contributed by atoms with E-state index < -0.39 is 0 Å². The summed E-state index contributed by atoms with van der Waals surface area (Å²) in [5, 5.41) is 0.414. The first-order valence-corrected chi connectivity index (χ1v) is 4.07. The fraction of sp³-hybridized carbons (Fsp3) is 0.857. The first kappa shape index (κ1) is 10.7. The van der Waals surface area contributed by atoms with Crippen LogP contribution in [0.2, 0.25) is 0 Å². The number of rotatable bonds is 4. The molecule has 0 aliphatic heterocycles. The van der Waals surface area contributed by atoms with E-state index in [1.807, 2.05) is 20.9 Å². The second kappa shape index (κ2) is 5.32. The van der Waals surface area contributed by atoms with E-state index in [1.54, 1.807) is 4.90 Å². The molecule has 0 rings (SSSR count). The first-order valence-electron chi connectivity index (χ1n) is 3.66. The highest BCUT2D eigenvalue weighted by Crippen LogP contribution is 1.88. The van der Waals surface area contributed by atoms with Crippen LogP contribution in [0.25, 0.3) is 0 Å². The van der Waals surface area contributed by atoms with Crippen molar-refractivity contribution in [3.05, 3.63) is 0 Å². The minimum Gasteiger partial charge on any atom is -0.377 e. The summed E-state index contributed by atoms with van der Waals surface area (Å²) < 4.78 is 5.31. The van der Waals surface area contributed by atoms with E-state index in [1.165, 1.54) is 0 Å². The largest absolute Gasteiger partial charge is 0.377 e. The molecule has 0 unspecified atom stereocenters. The van der Waals surface area contributed by atoms with Crippen LogP contribution in [-0.2, 0) is 4.74 Å². The van der Waals surface area contributed by atoms with E-state index in [-0.39, 0.29) is 6.10 Å². The Balaban J connectivity index is 3.31. The van der Waals surface area contributed by atoms with Crippen molar-refractivity contribution in [2.24, 2.45) is 5.73 Å². The molecule has 0 aromatic heterocycles. The van der Waals surface area contributed by atoms with Crippen molar-refractivity contribution in [3.8, 4) is 0 Å². The van der Waals surface area contributed by atoms with E-state index in [0.29, 0.717) is 11.7 Å². The quantitative estimate of drug-likeness (QED) is 0.636. The van der Waals surface area contributed by atoms with Gasteiger partial charge in [-0.05, 0) is 26.1 Å². The fourth-order valence-electron chi connectivity index (χ4n) is 0.536. The van der Waals surface area contributed by atoms with E-state index >= 15 is 0 Å². The Labute approximate surface area is 73.5 Å². The molecule has 3 nitrogen and oxygen atoms in total. The van der Waals surface area contributed by atoms with Crippen LogP contribution in [0.15, 0.2) is 0 Å². The molecule has 66 valence electrons. The molecular weight excluding hydrogens is 160 g/mol. The highest BCUT2D eigenvalue weighted by atomic mass is 32.1. The number of ether oxygens (including phenoxy) is 1. The lowest BCUT2D eigenvalue weighted by Gasteiger charge is -2.17. The number of hydrogen-bond donors (Lipinski definition) is 1. The lowest BCUT2D eigenvalue weighted by molar-refractivity contribution is 0.0726. The zero-order valence-corrected chi connectivity index (χ0v) is 8.15. The summed E-state index contributed by atoms with van der Waals surface area (Å²) in [6, 6.07) is 0. The van der Waals surface area contributed by atoms with Crippen molar-refractivity contribution >= 4 is 17.3 Å². The normalized spacial score (nSPS) is 10.2. The minimum atomic E-state index is 0.273. The van der Waals surface area contributed by atoms with Crippen LogP contribution >= 0.6 is 12.2 Å². The van der Waals surface area contributed by atoms with Crippen LogP contribution in [0.4, 0.5) is 0 Å². The smallest absolute Gasteiger partial charge is 0.166 e. The van der Waals surface area contributed by atoms with Crippen LogP contribution < -0.4 is 5.73 Å². The number of likely N-dealkylation sites (N-methyl/N-ethyl adjacent to an activating group) is 1. The molecular formula is C7H16N2OS. The third-order valence-electron chi connectivity index (χ3n) is 1.25. The molecule has 4 heteroatoms. The molecule has 0 aromatic rings. The third kappa shape index (κ3) is 6.06. The first-order chi connectivity index (χ1) is 5.04. The van der Waals surface area contributed by atoms with Crippen molar-refractivity contribution in [1.29, 1.82) is 0 Å². The van der Waals surface area contributed by atoms with Crippen LogP contribution in [0, 0.1) is 0 Å². The van der Waals surface area contributed by atoms with E-state index in [0.717, 1.165) is 6.54 Å². The van der Waals surface area contributed by atoms with Crippen LogP contribution in [0.1, 0.15) is 13.8 Å². The Bertz CT molecular complexity index is 128. The predicted octanol–water partition coefficient (Wildman–Crippen LogP) is 0.587. The lowest BCUT2D eigenvalue weighted by atomic mass is 10.5. The fourth-order valence-corrected chi connectivity index (χ4v) is 0.627. The van der Waals surface area contributed by atoms with Gasteiger partial charge in [0, 0.05) is 13.6 Å². The van der Waals surface area contributed by atoms with Crippen LogP contribution in [-0.4, -0.2) is 36.3 Å². The molecule has 0 saturated heterocycles. The molecule has 0 aliphatic rings. The van der Waals surface area contributed by atoms with Crippen molar-refractivity contribution in [2.75, 3.05) is 20.2 Å². The second-order valence-corrected chi connectivity index (χ2v) is 3.10. The molecule has 0 fully saturated rings. The van der Waals surface area contributed by atoms with Gasteiger partial charge >= 0.3 is 0 Å². The van der Waals surface area contributed by atoms with Gasteiger partial charge in [0.05, 0.1) is 12.7 Å². The summed E-state index contributed by atoms with van der Waals surface area (Å²) in [4.78, 5) is 1.79. The standard InChI is InChI=1S/C7H16N2OS/c1-6(2)10-5-4-9(3)7(8)11/h6H,4-5H2,1-3H3,(H2,8,11). The summed E-state index contributed by atoms with van der Waals surface area (Å²) >= 11 is 4.75. The Kier molecular flexibility index (Phi) is 5.15. The van der Waals surface area contributed by atoms with Gasteiger partial charge in [0.25, 0.3) is 0 Å². The summed E-state index contributed by atoms with van der Waals surface area (Å²) in [5.41, 5.74) is 5.35. The highest BCUT2D eigenvalue weighted by molar-refractivity contribution is 7.80. The Morgan fingerprint density at radius 1 is 1.64 bits per heavy atom. The molecule has 0 radical (unpaired) electrons. The maximum Gasteiger partial charge on any atom is 0.166 e. The number of hydrogen-bond acceptors (Lipinski definition) is 2. The third-order valence-corrected chi connectivity index (χ3v) is 1.57. The zero-order valence-electron chi connectivity index (χ0n) is 7.33. The summed E-state index contributed by atoms with van der Waals surface area (Å²) in [6.45, 7) is 5.43. The Morgan fingerprint density at radius 3 is 2.55 bits per heavy atom. The molecule has 0 heterocycles. The topological polar surface area (TPSA) is 38.5 Å². The molecule has 0 bridgehead atoms. The minimum absolute atomic E-state index is 0.273. The molecule has 0 atom stereocenters. The van der Waals surface area contributed by atoms with Crippen molar-refractivity contribution in [1.82, 2.24) is 4.90 Å². The van der Waals surface area contributed by atoms with Crippen LogP contribution in [0.3, 0.4) is 0 Å².